The fourth-order valence-corrected chi connectivity index (χ4v) is 3.42. The Hall–Kier alpha value is -1.86. The van der Waals surface area contributed by atoms with Gasteiger partial charge in [-0.25, -0.2) is 9.78 Å². The maximum atomic E-state index is 12.1. The lowest BCUT2D eigenvalue weighted by Gasteiger charge is -2.30. The van der Waals surface area contributed by atoms with Crippen molar-refractivity contribution in [3.8, 4) is 0 Å². The smallest absolute Gasteiger partial charge is 0.319 e. The lowest BCUT2D eigenvalue weighted by molar-refractivity contribution is -0.00151. The number of ether oxygens (including phenoxy) is 1. The standard InChI is InChI=1S/C15H20N4O2S/c1-10-7-22-8-12(10)18-15(20)17-11-3-4-21-14(5-11)13-6-16-9-19(13)2/h6-9,11,14H,3-5H2,1-2H3,(H2,17,18,20)/t11-,14-/m0/s1. The molecule has 2 N–H and O–H groups in total. The number of carbonyl (C=O) groups is 1. The predicted molar refractivity (Wildman–Crippen MR) is 86.1 cm³/mol. The van der Waals surface area contributed by atoms with Gasteiger partial charge in [0.1, 0.15) is 6.10 Å². The first-order chi connectivity index (χ1) is 10.6. The van der Waals surface area contributed by atoms with E-state index in [9.17, 15) is 4.79 Å². The van der Waals surface area contributed by atoms with Crippen LogP contribution in [0.3, 0.4) is 0 Å². The van der Waals surface area contributed by atoms with Gasteiger partial charge in [0.2, 0.25) is 0 Å². The van der Waals surface area contributed by atoms with Gasteiger partial charge in [-0.15, -0.1) is 11.3 Å². The zero-order chi connectivity index (χ0) is 15.5. The van der Waals surface area contributed by atoms with E-state index in [2.05, 4.69) is 15.6 Å². The SMILES string of the molecule is Cc1cscc1NC(=O)N[C@H]1CCO[C@H](c2cncn2C)C1. The van der Waals surface area contributed by atoms with E-state index in [0.717, 1.165) is 29.8 Å². The Morgan fingerprint density at radius 3 is 3.05 bits per heavy atom. The summed E-state index contributed by atoms with van der Waals surface area (Å²) in [7, 11) is 1.95. The average molecular weight is 320 g/mol. The molecule has 0 aliphatic carbocycles. The van der Waals surface area contributed by atoms with Crippen molar-refractivity contribution >= 4 is 23.1 Å². The van der Waals surface area contributed by atoms with Crippen molar-refractivity contribution in [1.29, 1.82) is 0 Å². The summed E-state index contributed by atoms with van der Waals surface area (Å²) in [6.45, 7) is 2.62. The summed E-state index contributed by atoms with van der Waals surface area (Å²) in [6, 6.07) is -0.0512. The second-order valence-electron chi connectivity index (χ2n) is 5.58. The second kappa shape index (κ2) is 6.50. The summed E-state index contributed by atoms with van der Waals surface area (Å²) in [5, 5.41) is 9.90. The molecule has 0 spiro atoms. The zero-order valence-electron chi connectivity index (χ0n) is 12.7. The van der Waals surface area contributed by atoms with Crippen LogP contribution >= 0.6 is 11.3 Å². The van der Waals surface area contributed by atoms with Gasteiger partial charge in [-0.3, -0.25) is 0 Å². The minimum Gasteiger partial charge on any atom is -0.372 e. The highest BCUT2D eigenvalue weighted by molar-refractivity contribution is 7.08. The number of rotatable bonds is 3. The normalized spacial score (nSPS) is 21.5. The van der Waals surface area contributed by atoms with Gasteiger partial charge in [-0.05, 0) is 30.7 Å². The number of hydrogen-bond acceptors (Lipinski definition) is 4. The molecule has 1 fully saturated rings. The minimum absolute atomic E-state index is 0.0190. The fourth-order valence-electron chi connectivity index (χ4n) is 2.64. The molecule has 0 radical (unpaired) electrons. The quantitative estimate of drug-likeness (QED) is 0.914. The Kier molecular flexibility index (Phi) is 4.44. The zero-order valence-corrected chi connectivity index (χ0v) is 13.5. The molecule has 1 saturated heterocycles. The number of hydrogen-bond donors (Lipinski definition) is 2. The average Bonchev–Trinajstić information content (AvgIpc) is 3.08. The summed E-state index contributed by atoms with van der Waals surface area (Å²) in [6.07, 6.45) is 5.15. The van der Waals surface area contributed by atoms with Gasteiger partial charge in [0.05, 0.1) is 23.9 Å². The van der Waals surface area contributed by atoms with E-state index < -0.39 is 0 Å². The number of aryl methyl sites for hydroxylation is 2. The van der Waals surface area contributed by atoms with Crippen LogP contribution in [0, 0.1) is 6.92 Å². The lowest BCUT2D eigenvalue weighted by Crippen LogP contribution is -2.42. The Balaban J connectivity index is 1.57. The van der Waals surface area contributed by atoms with E-state index >= 15 is 0 Å². The number of urea groups is 1. The number of aromatic nitrogens is 2. The molecular weight excluding hydrogens is 300 g/mol. The number of carbonyl (C=O) groups excluding carboxylic acids is 1. The predicted octanol–water partition coefficient (Wildman–Crippen LogP) is 2.83. The molecule has 2 aromatic rings. The van der Waals surface area contributed by atoms with Crippen molar-refractivity contribution < 1.29 is 9.53 Å². The van der Waals surface area contributed by atoms with Crippen molar-refractivity contribution in [3.63, 3.8) is 0 Å². The number of anilines is 1. The van der Waals surface area contributed by atoms with Crippen LogP contribution in [0.15, 0.2) is 23.3 Å². The molecule has 1 aliphatic rings. The molecule has 0 bridgehead atoms. The topological polar surface area (TPSA) is 68.2 Å². The molecule has 2 atom stereocenters. The van der Waals surface area contributed by atoms with E-state index in [0.29, 0.717) is 6.61 Å². The van der Waals surface area contributed by atoms with Gasteiger partial charge in [-0.1, -0.05) is 0 Å². The maximum Gasteiger partial charge on any atom is 0.319 e. The van der Waals surface area contributed by atoms with E-state index in [-0.39, 0.29) is 18.2 Å². The van der Waals surface area contributed by atoms with Crippen LogP contribution in [-0.2, 0) is 11.8 Å². The third kappa shape index (κ3) is 3.31. The van der Waals surface area contributed by atoms with Crippen LogP contribution in [0.4, 0.5) is 10.5 Å². The molecule has 3 rings (SSSR count). The summed E-state index contributed by atoms with van der Waals surface area (Å²) < 4.78 is 7.77. The Bertz CT molecular complexity index is 652. The van der Waals surface area contributed by atoms with Gasteiger partial charge in [0, 0.05) is 25.1 Å². The van der Waals surface area contributed by atoms with Crippen LogP contribution < -0.4 is 10.6 Å². The number of amides is 2. The van der Waals surface area contributed by atoms with Crippen LogP contribution in [-0.4, -0.2) is 28.2 Å². The summed E-state index contributed by atoms with van der Waals surface area (Å²) >= 11 is 1.58. The molecule has 0 saturated carbocycles. The first kappa shape index (κ1) is 15.1. The van der Waals surface area contributed by atoms with Crippen molar-refractivity contribution in [3.05, 3.63) is 34.5 Å². The first-order valence-electron chi connectivity index (χ1n) is 7.31. The molecule has 3 heterocycles. The molecule has 118 valence electrons. The summed E-state index contributed by atoms with van der Waals surface area (Å²) in [4.78, 5) is 16.2. The van der Waals surface area contributed by atoms with Gasteiger partial charge < -0.3 is 19.9 Å². The molecule has 2 aromatic heterocycles. The molecule has 2 amide bonds. The highest BCUT2D eigenvalue weighted by Gasteiger charge is 2.26. The Morgan fingerprint density at radius 2 is 2.36 bits per heavy atom. The second-order valence-corrected chi connectivity index (χ2v) is 6.32. The van der Waals surface area contributed by atoms with E-state index in [1.54, 1.807) is 17.7 Å². The highest BCUT2D eigenvalue weighted by atomic mass is 32.1. The van der Waals surface area contributed by atoms with Crippen molar-refractivity contribution in [2.75, 3.05) is 11.9 Å². The maximum absolute atomic E-state index is 12.1. The summed E-state index contributed by atoms with van der Waals surface area (Å²) in [5.74, 6) is 0. The Labute approximate surface area is 133 Å². The number of nitrogens with zero attached hydrogens (tertiary/aromatic N) is 2. The summed E-state index contributed by atoms with van der Waals surface area (Å²) in [5.41, 5.74) is 3.00. The van der Waals surface area contributed by atoms with Crippen molar-refractivity contribution in [2.24, 2.45) is 7.05 Å². The monoisotopic (exact) mass is 320 g/mol. The third-order valence-electron chi connectivity index (χ3n) is 3.91. The van der Waals surface area contributed by atoms with Gasteiger partial charge in [0.15, 0.2) is 0 Å². The first-order valence-corrected chi connectivity index (χ1v) is 8.26. The molecule has 0 aromatic carbocycles. The van der Waals surface area contributed by atoms with Crippen LogP contribution in [0.1, 0.15) is 30.2 Å². The van der Waals surface area contributed by atoms with Crippen LogP contribution in [0.25, 0.3) is 0 Å². The van der Waals surface area contributed by atoms with Crippen molar-refractivity contribution in [1.82, 2.24) is 14.9 Å². The largest absolute Gasteiger partial charge is 0.372 e. The van der Waals surface area contributed by atoms with Gasteiger partial charge in [-0.2, -0.15) is 0 Å². The lowest BCUT2D eigenvalue weighted by atomic mass is 10.0. The number of nitrogens with one attached hydrogen (secondary N) is 2. The molecule has 1 aliphatic heterocycles. The minimum atomic E-state index is -0.155. The van der Waals surface area contributed by atoms with Crippen LogP contribution in [0.2, 0.25) is 0 Å². The molecule has 7 heteroatoms. The molecule has 0 unspecified atom stereocenters. The van der Waals surface area contributed by atoms with Crippen molar-refractivity contribution in [2.45, 2.75) is 31.9 Å². The Morgan fingerprint density at radius 1 is 1.50 bits per heavy atom. The molecular formula is C15H20N4O2S. The van der Waals surface area contributed by atoms with Gasteiger partial charge >= 0.3 is 6.03 Å². The third-order valence-corrected chi connectivity index (χ3v) is 4.77. The number of imidazole rings is 1. The van der Waals surface area contributed by atoms with E-state index in [4.69, 9.17) is 4.74 Å². The van der Waals surface area contributed by atoms with E-state index in [1.165, 1.54) is 0 Å². The van der Waals surface area contributed by atoms with E-state index in [1.807, 2.05) is 35.5 Å². The fraction of sp³-hybridized carbons (Fsp3) is 0.467. The number of thiophene rings is 1. The highest BCUT2D eigenvalue weighted by Crippen LogP contribution is 2.27. The van der Waals surface area contributed by atoms with Gasteiger partial charge in [0.25, 0.3) is 0 Å². The van der Waals surface area contributed by atoms with Crippen LogP contribution in [0.5, 0.6) is 0 Å². The molecule has 6 nitrogen and oxygen atoms in total. The molecule has 22 heavy (non-hydrogen) atoms.